The first kappa shape index (κ1) is 51.7. The number of carbonyl (C=O) groups is 1. The molecule has 344 valence electrons. The van der Waals surface area contributed by atoms with Gasteiger partial charge in [-0.15, -0.1) is 5.10 Å². The van der Waals surface area contributed by atoms with Crippen LogP contribution in [0.15, 0.2) is 79.6 Å². The van der Waals surface area contributed by atoms with Crippen molar-refractivity contribution in [3.05, 3.63) is 95.8 Å². The molecule has 1 aromatic carbocycles. The van der Waals surface area contributed by atoms with Crippen LogP contribution < -0.4 is 21.7 Å². The van der Waals surface area contributed by atoms with Crippen molar-refractivity contribution in [3.8, 4) is 17.0 Å². The fraction of sp³-hybridized carbons (Fsp3) is 0.569. The van der Waals surface area contributed by atoms with E-state index in [0.29, 0.717) is 27.5 Å². The molecule has 12 heteroatoms. The smallest absolute Gasteiger partial charge is 0.308 e. The van der Waals surface area contributed by atoms with Crippen LogP contribution in [0.3, 0.4) is 0 Å². The topological polar surface area (TPSA) is 105 Å². The third kappa shape index (κ3) is 20.6. The molecule has 10 nitrogen and oxygen atoms in total. The van der Waals surface area contributed by atoms with Crippen LogP contribution in [0.5, 0.6) is 5.75 Å². The van der Waals surface area contributed by atoms with Crippen molar-refractivity contribution in [1.29, 1.82) is 0 Å². The minimum absolute atomic E-state index is 0. The van der Waals surface area contributed by atoms with Crippen LogP contribution in [0, 0.1) is 0 Å². The molecular formula is C51H72Cl2N6O4. The number of halogens is 2. The fourth-order valence-corrected chi connectivity index (χ4v) is 8.23. The van der Waals surface area contributed by atoms with Gasteiger partial charge < -0.3 is 26.6 Å². The molecule has 0 spiro atoms. The van der Waals surface area contributed by atoms with Gasteiger partial charge in [0.15, 0.2) is 18.1 Å². The van der Waals surface area contributed by atoms with E-state index in [1.165, 1.54) is 114 Å². The van der Waals surface area contributed by atoms with Crippen LogP contribution >= 0.6 is 11.6 Å². The van der Waals surface area contributed by atoms with E-state index in [1.807, 2.05) is 35.4 Å². The van der Waals surface area contributed by atoms with Crippen molar-refractivity contribution in [3.63, 3.8) is 0 Å². The number of benzene rings is 1. The monoisotopic (exact) mass is 902 g/mol. The molecule has 0 saturated heterocycles. The van der Waals surface area contributed by atoms with Gasteiger partial charge in [-0.3, -0.25) is 19.4 Å². The van der Waals surface area contributed by atoms with Crippen molar-refractivity contribution >= 4 is 28.5 Å². The molecule has 0 unspecified atom stereocenters. The van der Waals surface area contributed by atoms with Gasteiger partial charge in [0.05, 0.1) is 16.8 Å². The maximum Gasteiger partial charge on any atom is 0.308 e. The number of fused-ring (bicyclic) bond motifs is 1. The molecule has 0 N–H and O–H groups in total. The van der Waals surface area contributed by atoms with Crippen molar-refractivity contribution in [1.82, 2.24) is 25.0 Å². The number of hydrogen-bond acceptors (Lipinski definition) is 8. The number of ether oxygens (including phenoxy) is 3. The SMILES string of the molecule is CC(=O)Oc1c(-c2cn(CCCCCCCCCCCCOCCCc3ccc[n+](CCCCCCCCCCOCCCc4cccnc4)c3)nn2)cc(Cl)c2cccnc12.[Cl-]. The lowest BCUT2D eigenvalue weighted by Gasteiger charge is -2.11. The largest absolute Gasteiger partial charge is 1.00 e. The first-order chi connectivity index (χ1) is 30.6. The minimum Gasteiger partial charge on any atom is -1.00 e. The van der Waals surface area contributed by atoms with Crippen molar-refractivity contribution in [2.75, 3.05) is 26.4 Å². The summed E-state index contributed by atoms with van der Waals surface area (Å²) in [6.45, 7) is 6.76. The van der Waals surface area contributed by atoms with Gasteiger partial charge in [-0.2, -0.15) is 0 Å². The van der Waals surface area contributed by atoms with Crippen LogP contribution in [0.4, 0.5) is 0 Å². The molecule has 5 aromatic rings. The van der Waals surface area contributed by atoms with Crippen molar-refractivity contribution in [2.24, 2.45) is 0 Å². The second kappa shape index (κ2) is 31.8. The molecule has 4 heterocycles. The lowest BCUT2D eigenvalue weighted by atomic mass is 10.1. The molecular weight excluding hydrogens is 832 g/mol. The van der Waals surface area contributed by atoms with Gasteiger partial charge in [0.25, 0.3) is 0 Å². The maximum atomic E-state index is 11.9. The third-order valence-electron chi connectivity index (χ3n) is 11.4. The molecule has 4 aromatic heterocycles. The number of aryl methyl sites for hydroxylation is 4. The Morgan fingerprint density at radius 3 is 1.94 bits per heavy atom. The number of pyridine rings is 3. The van der Waals surface area contributed by atoms with Gasteiger partial charge in [-0.05, 0) is 87.3 Å². The van der Waals surface area contributed by atoms with Gasteiger partial charge in [-0.25, -0.2) is 4.57 Å². The van der Waals surface area contributed by atoms with Crippen LogP contribution in [0.2, 0.25) is 5.02 Å². The van der Waals surface area contributed by atoms with Gasteiger partial charge in [-0.1, -0.05) is 106 Å². The van der Waals surface area contributed by atoms with Crippen LogP contribution in [-0.2, 0) is 40.2 Å². The molecule has 0 aliphatic carbocycles. The first-order valence-electron chi connectivity index (χ1n) is 23.8. The normalized spacial score (nSPS) is 11.3. The van der Waals surface area contributed by atoms with Crippen molar-refractivity contribution < 1.29 is 36.0 Å². The molecule has 0 radical (unpaired) electrons. The minimum atomic E-state index is -0.424. The zero-order chi connectivity index (χ0) is 43.3. The van der Waals surface area contributed by atoms with Gasteiger partial charge >= 0.3 is 5.97 Å². The summed E-state index contributed by atoms with van der Waals surface area (Å²) in [4.78, 5) is 20.5. The molecule has 0 bridgehead atoms. The number of unbranched alkanes of at least 4 members (excludes halogenated alkanes) is 16. The molecule has 63 heavy (non-hydrogen) atoms. The van der Waals surface area contributed by atoms with Crippen LogP contribution in [0.1, 0.15) is 146 Å². The van der Waals surface area contributed by atoms with E-state index in [-0.39, 0.29) is 12.4 Å². The van der Waals surface area contributed by atoms with Gasteiger partial charge in [0.2, 0.25) is 0 Å². The number of aromatic nitrogens is 6. The Bertz CT molecular complexity index is 1980. The maximum absolute atomic E-state index is 11.9. The number of rotatable bonds is 34. The summed E-state index contributed by atoms with van der Waals surface area (Å²) in [7, 11) is 0. The van der Waals surface area contributed by atoms with Gasteiger partial charge in [0.1, 0.15) is 17.8 Å². The highest BCUT2D eigenvalue weighted by molar-refractivity contribution is 6.36. The summed E-state index contributed by atoms with van der Waals surface area (Å²) in [5.74, 6) is -0.0657. The Kier molecular flexibility index (Phi) is 26.1. The molecule has 0 fully saturated rings. The van der Waals surface area contributed by atoms with Gasteiger partial charge in [0, 0.05) is 81.9 Å². The van der Waals surface area contributed by atoms with Crippen LogP contribution in [0.25, 0.3) is 22.2 Å². The zero-order valence-electron chi connectivity index (χ0n) is 37.9. The highest BCUT2D eigenvalue weighted by Crippen LogP contribution is 2.39. The van der Waals surface area contributed by atoms with E-state index < -0.39 is 5.97 Å². The van der Waals surface area contributed by atoms with Crippen LogP contribution in [-0.4, -0.2) is 57.4 Å². The summed E-state index contributed by atoms with van der Waals surface area (Å²) in [6, 6.07) is 14.0. The van der Waals surface area contributed by atoms with E-state index >= 15 is 0 Å². The molecule has 0 aliphatic heterocycles. The van der Waals surface area contributed by atoms with E-state index in [9.17, 15) is 4.79 Å². The lowest BCUT2D eigenvalue weighted by Crippen LogP contribution is -3.00. The quantitative estimate of drug-likeness (QED) is 0.0174. The van der Waals surface area contributed by atoms with E-state index in [4.69, 9.17) is 25.8 Å². The van der Waals surface area contributed by atoms with E-state index in [2.05, 4.69) is 55.4 Å². The molecule has 0 atom stereocenters. The molecule has 0 amide bonds. The van der Waals surface area contributed by atoms with E-state index in [1.54, 1.807) is 18.3 Å². The predicted octanol–water partition coefficient (Wildman–Crippen LogP) is 9.08. The van der Waals surface area contributed by atoms with E-state index in [0.717, 1.165) is 89.8 Å². The molecule has 0 saturated carbocycles. The Balaban J connectivity index is 0.00000871. The number of esters is 1. The molecule has 5 rings (SSSR count). The average molecular weight is 904 g/mol. The van der Waals surface area contributed by atoms with Crippen molar-refractivity contribution in [2.45, 2.75) is 161 Å². The standard InChI is InChI=1S/C51H72ClN6O4.ClH/c1-43(59)62-51-47(39-48(52)46-29-21-31-54-50(46)51)49-42-58(56-55-49)34-17-13-9-4-2-3-6-10-14-19-36-61-38-24-28-45-26-22-33-57(41-45)32-16-12-8-5-7-11-15-18-35-60-37-23-27-44-25-20-30-53-40-44;/h20-22,25-26,29-31,33,39-42H,2-19,23-24,27-28,32,34-38H2,1H3;1H/q+1;/p-1. The summed E-state index contributed by atoms with van der Waals surface area (Å²) >= 11 is 6.55. The number of nitrogens with zero attached hydrogens (tertiary/aromatic N) is 6. The second-order valence-corrected chi connectivity index (χ2v) is 17.1. The third-order valence-corrected chi connectivity index (χ3v) is 11.7. The Morgan fingerprint density at radius 1 is 0.698 bits per heavy atom. The zero-order valence-corrected chi connectivity index (χ0v) is 39.4. The Labute approximate surface area is 388 Å². The summed E-state index contributed by atoms with van der Waals surface area (Å²) in [6.07, 6.45) is 38.9. The lowest BCUT2D eigenvalue weighted by molar-refractivity contribution is -0.697. The molecule has 0 aliphatic rings. The summed E-state index contributed by atoms with van der Waals surface area (Å²) in [5.41, 5.74) is 4.45. The first-order valence-corrected chi connectivity index (χ1v) is 24.1. The number of hydrogen-bond donors (Lipinski definition) is 0. The Morgan fingerprint density at radius 2 is 1.29 bits per heavy atom. The Hall–Kier alpha value is -3.96. The number of carbonyl (C=O) groups excluding carboxylic acids is 1. The summed E-state index contributed by atoms with van der Waals surface area (Å²) < 4.78 is 21.6. The second-order valence-electron chi connectivity index (χ2n) is 16.7. The average Bonchev–Trinajstić information content (AvgIpc) is 3.76. The highest BCUT2D eigenvalue weighted by Gasteiger charge is 2.19. The highest BCUT2D eigenvalue weighted by atomic mass is 35.5. The summed E-state index contributed by atoms with van der Waals surface area (Å²) in [5, 5.41) is 9.93. The fourth-order valence-electron chi connectivity index (χ4n) is 7.97. The predicted molar refractivity (Wildman–Crippen MR) is 249 cm³/mol.